The standard InChI is InChI=1S/C17H19BrN2O/c1-11-4-6-14(8-13(11)3)19-10-17(21)20-15-7-5-12(2)16(18)9-15/h4-9,19H,10H2,1-3H3,(H,20,21). The smallest absolute Gasteiger partial charge is 0.243 e. The topological polar surface area (TPSA) is 41.1 Å². The van der Waals surface area contributed by atoms with Crippen molar-refractivity contribution in [2.75, 3.05) is 17.2 Å². The molecule has 0 radical (unpaired) electrons. The van der Waals surface area contributed by atoms with Crippen molar-refractivity contribution in [3.63, 3.8) is 0 Å². The van der Waals surface area contributed by atoms with Crippen LogP contribution >= 0.6 is 15.9 Å². The highest BCUT2D eigenvalue weighted by atomic mass is 79.9. The lowest BCUT2D eigenvalue weighted by atomic mass is 10.1. The van der Waals surface area contributed by atoms with Gasteiger partial charge in [0.25, 0.3) is 0 Å². The van der Waals surface area contributed by atoms with Crippen molar-refractivity contribution in [2.24, 2.45) is 0 Å². The van der Waals surface area contributed by atoms with Crippen molar-refractivity contribution in [3.8, 4) is 0 Å². The van der Waals surface area contributed by atoms with Gasteiger partial charge in [-0.3, -0.25) is 4.79 Å². The third-order valence-electron chi connectivity index (χ3n) is 3.42. The normalized spacial score (nSPS) is 10.3. The summed E-state index contributed by atoms with van der Waals surface area (Å²) < 4.78 is 0.988. The van der Waals surface area contributed by atoms with Crippen molar-refractivity contribution in [1.29, 1.82) is 0 Å². The van der Waals surface area contributed by atoms with Crippen molar-refractivity contribution in [2.45, 2.75) is 20.8 Å². The predicted molar refractivity (Wildman–Crippen MR) is 91.9 cm³/mol. The maximum atomic E-state index is 11.9. The molecule has 0 bridgehead atoms. The van der Waals surface area contributed by atoms with Gasteiger partial charge in [0.05, 0.1) is 6.54 Å². The molecule has 2 aromatic rings. The lowest BCUT2D eigenvalue weighted by Crippen LogP contribution is -2.21. The van der Waals surface area contributed by atoms with Crippen LogP contribution in [0.2, 0.25) is 0 Å². The molecule has 2 aromatic carbocycles. The zero-order chi connectivity index (χ0) is 15.4. The summed E-state index contributed by atoms with van der Waals surface area (Å²) in [4.78, 5) is 11.9. The molecule has 0 atom stereocenters. The summed E-state index contributed by atoms with van der Waals surface area (Å²) in [5.41, 5.74) is 5.34. The minimum atomic E-state index is -0.0658. The van der Waals surface area contributed by atoms with Gasteiger partial charge in [-0.25, -0.2) is 0 Å². The molecule has 2 rings (SSSR count). The first-order valence-corrected chi connectivity index (χ1v) is 7.62. The molecule has 0 aliphatic carbocycles. The minimum absolute atomic E-state index is 0.0658. The average Bonchev–Trinajstić information content (AvgIpc) is 2.44. The van der Waals surface area contributed by atoms with Crippen LogP contribution in [-0.4, -0.2) is 12.5 Å². The van der Waals surface area contributed by atoms with E-state index in [2.05, 4.69) is 40.4 Å². The van der Waals surface area contributed by atoms with E-state index < -0.39 is 0 Å². The molecule has 0 aliphatic rings. The molecule has 21 heavy (non-hydrogen) atoms. The summed E-state index contributed by atoms with van der Waals surface area (Å²) in [6.45, 7) is 6.39. The lowest BCUT2D eigenvalue weighted by molar-refractivity contribution is -0.114. The lowest BCUT2D eigenvalue weighted by Gasteiger charge is -2.10. The van der Waals surface area contributed by atoms with Crippen LogP contribution in [0.3, 0.4) is 0 Å². The zero-order valence-electron chi connectivity index (χ0n) is 12.5. The Morgan fingerprint density at radius 1 is 0.952 bits per heavy atom. The molecule has 0 unspecified atom stereocenters. The SMILES string of the molecule is Cc1ccc(NCC(=O)Nc2ccc(C)c(Br)c2)cc1C. The van der Waals surface area contributed by atoms with Crippen LogP contribution in [0.1, 0.15) is 16.7 Å². The molecular formula is C17H19BrN2O. The Balaban J connectivity index is 1.92. The number of hydrogen-bond acceptors (Lipinski definition) is 2. The van der Waals surface area contributed by atoms with E-state index in [1.54, 1.807) is 0 Å². The Labute approximate surface area is 133 Å². The monoisotopic (exact) mass is 346 g/mol. The van der Waals surface area contributed by atoms with Gasteiger partial charge in [0, 0.05) is 15.8 Å². The summed E-state index contributed by atoms with van der Waals surface area (Å²) in [7, 11) is 0. The van der Waals surface area contributed by atoms with Crippen molar-refractivity contribution >= 4 is 33.2 Å². The minimum Gasteiger partial charge on any atom is -0.376 e. The Morgan fingerprint density at radius 2 is 1.62 bits per heavy atom. The summed E-state index contributed by atoms with van der Waals surface area (Å²) in [6, 6.07) is 11.9. The van der Waals surface area contributed by atoms with E-state index >= 15 is 0 Å². The van der Waals surface area contributed by atoms with Gasteiger partial charge in [-0.05, 0) is 61.7 Å². The molecule has 2 N–H and O–H groups in total. The Hall–Kier alpha value is -1.81. The third-order valence-corrected chi connectivity index (χ3v) is 4.27. The molecule has 0 aliphatic heterocycles. The largest absolute Gasteiger partial charge is 0.376 e. The van der Waals surface area contributed by atoms with Gasteiger partial charge in [-0.15, -0.1) is 0 Å². The van der Waals surface area contributed by atoms with Crippen LogP contribution in [0.4, 0.5) is 11.4 Å². The van der Waals surface area contributed by atoms with E-state index in [4.69, 9.17) is 0 Å². The molecule has 0 fully saturated rings. The summed E-state index contributed by atoms with van der Waals surface area (Å²) in [6.07, 6.45) is 0. The quantitative estimate of drug-likeness (QED) is 0.859. The van der Waals surface area contributed by atoms with Crippen LogP contribution < -0.4 is 10.6 Å². The van der Waals surface area contributed by atoms with Crippen molar-refractivity contribution in [1.82, 2.24) is 0 Å². The molecule has 3 nitrogen and oxygen atoms in total. The van der Waals surface area contributed by atoms with Gasteiger partial charge < -0.3 is 10.6 Å². The molecule has 110 valence electrons. The number of hydrogen-bond donors (Lipinski definition) is 2. The summed E-state index contributed by atoms with van der Waals surface area (Å²) >= 11 is 3.46. The van der Waals surface area contributed by atoms with E-state index in [0.717, 1.165) is 21.4 Å². The highest BCUT2D eigenvalue weighted by Gasteiger charge is 2.04. The maximum Gasteiger partial charge on any atom is 0.243 e. The Morgan fingerprint density at radius 3 is 2.29 bits per heavy atom. The van der Waals surface area contributed by atoms with E-state index in [9.17, 15) is 4.79 Å². The summed E-state index contributed by atoms with van der Waals surface area (Å²) in [5.74, 6) is -0.0658. The molecule has 1 amide bonds. The number of amides is 1. The number of benzene rings is 2. The second-order valence-corrected chi connectivity index (χ2v) is 6.02. The fraction of sp³-hybridized carbons (Fsp3) is 0.235. The average molecular weight is 347 g/mol. The Kier molecular flexibility index (Phi) is 5.02. The fourth-order valence-corrected chi connectivity index (χ4v) is 2.29. The van der Waals surface area contributed by atoms with Crippen LogP contribution in [0.5, 0.6) is 0 Å². The molecule has 0 saturated heterocycles. The van der Waals surface area contributed by atoms with Crippen LogP contribution in [-0.2, 0) is 4.79 Å². The molecular weight excluding hydrogens is 328 g/mol. The second kappa shape index (κ2) is 6.76. The number of aryl methyl sites for hydroxylation is 3. The Bertz CT molecular complexity index is 668. The van der Waals surface area contributed by atoms with Gasteiger partial charge in [0.15, 0.2) is 0 Å². The third kappa shape index (κ3) is 4.33. The number of carbonyl (C=O) groups is 1. The van der Waals surface area contributed by atoms with E-state index in [0.29, 0.717) is 0 Å². The molecule has 0 saturated carbocycles. The van der Waals surface area contributed by atoms with Crippen LogP contribution in [0.25, 0.3) is 0 Å². The molecule has 4 heteroatoms. The van der Waals surface area contributed by atoms with Crippen molar-refractivity contribution < 1.29 is 4.79 Å². The van der Waals surface area contributed by atoms with E-state index in [1.165, 1.54) is 11.1 Å². The number of nitrogens with one attached hydrogen (secondary N) is 2. The number of rotatable bonds is 4. The number of halogens is 1. The van der Waals surface area contributed by atoms with Gasteiger partial charge in [0.2, 0.25) is 5.91 Å². The van der Waals surface area contributed by atoms with Crippen LogP contribution in [0, 0.1) is 20.8 Å². The molecule has 0 spiro atoms. The summed E-state index contributed by atoms with van der Waals surface area (Å²) in [5, 5.41) is 6.01. The zero-order valence-corrected chi connectivity index (χ0v) is 14.0. The highest BCUT2D eigenvalue weighted by molar-refractivity contribution is 9.10. The van der Waals surface area contributed by atoms with Gasteiger partial charge >= 0.3 is 0 Å². The molecule has 0 heterocycles. The fourth-order valence-electron chi connectivity index (χ4n) is 1.91. The van der Waals surface area contributed by atoms with E-state index in [1.807, 2.05) is 43.3 Å². The van der Waals surface area contributed by atoms with Crippen molar-refractivity contribution in [3.05, 3.63) is 57.6 Å². The highest BCUT2D eigenvalue weighted by Crippen LogP contribution is 2.20. The molecule has 0 aromatic heterocycles. The second-order valence-electron chi connectivity index (χ2n) is 5.16. The first-order chi connectivity index (χ1) is 9.95. The van der Waals surface area contributed by atoms with E-state index in [-0.39, 0.29) is 12.5 Å². The van der Waals surface area contributed by atoms with Gasteiger partial charge in [0.1, 0.15) is 0 Å². The maximum absolute atomic E-state index is 11.9. The van der Waals surface area contributed by atoms with Gasteiger partial charge in [-0.2, -0.15) is 0 Å². The van der Waals surface area contributed by atoms with Gasteiger partial charge in [-0.1, -0.05) is 28.1 Å². The number of carbonyl (C=O) groups excluding carboxylic acids is 1. The van der Waals surface area contributed by atoms with Crippen LogP contribution in [0.15, 0.2) is 40.9 Å². The first kappa shape index (κ1) is 15.6. The predicted octanol–water partition coefficient (Wildman–Crippen LogP) is 4.42. The number of anilines is 2. The first-order valence-electron chi connectivity index (χ1n) is 6.83.